The van der Waals surface area contributed by atoms with Gasteiger partial charge in [0, 0.05) is 28.8 Å². The predicted octanol–water partition coefficient (Wildman–Crippen LogP) is 2.53. The molecule has 0 saturated heterocycles. The van der Waals surface area contributed by atoms with Gasteiger partial charge >= 0.3 is 0 Å². The summed E-state index contributed by atoms with van der Waals surface area (Å²) in [5.41, 5.74) is 1.97. The van der Waals surface area contributed by atoms with Crippen LogP contribution >= 0.6 is 11.9 Å². The molecule has 0 fully saturated rings. The van der Waals surface area contributed by atoms with Gasteiger partial charge in [0.15, 0.2) is 0 Å². The van der Waals surface area contributed by atoms with Gasteiger partial charge in [-0.25, -0.2) is 9.97 Å². The fourth-order valence-electron chi connectivity index (χ4n) is 1.73. The van der Waals surface area contributed by atoms with Crippen molar-refractivity contribution in [3.8, 4) is 0 Å². The Morgan fingerprint density at radius 1 is 1.30 bits per heavy atom. The third kappa shape index (κ3) is 2.70. The number of anilines is 1. The number of nitrogens with zero attached hydrogens (tertiary/aromatic N) is 3. The van der Waals surface area contributed by atoms with Gasteiger partial charge in [-0.3, -0.25) is 14.8 Å². The van der Waals surface area contributed by atoms with Gasteiger partial charge in [0.05, 0.1) is 23.8 Å². The van der Waals surface area contributed by atoms with Crippen LogP contribution < -0.4 is 4.72 Å². The van der Waals surface area contributed by atoms with E-state index in [9.17, 15) is 10.1 Å². The molecule has 0 unspecified atom stereocenters. The Morgan fingerprint density at radius 3 is 2.85 bits per heavy atom. The van der Waals surface area contributed by atoms with E-state index in [0.717, 1.165) is 16.2 Å². The van der Waals surface area contributed by atoms with Crippen molar-refractivity contribution in [2.24, 2.45) is 0 Å². The van der Waals surface area contributed by atoms with E-state index in [2.05, 4.69) is 14.7 Å². The second-order valence-corrected chi connectivity index (χ2v) is 4.99. The van der Waals surface area contributed by atoms with Gasteiger partial charge in [-0.2, -0.15) is 0 Å². The molecular weight excluding hydrogens is 280 g/mol. The maximum atomic E-state index is 10.6. The number of aromatic nitrogens is 2. The molecule has 0 aliphatic carbocycles. The Morgan fingerprint density at radius 2 is 2.10 bits per heavy atom. The van der Waals surface area contributed by atoms with Crippen molar-refractivity contribution in [2.75, 3.05) is 4.72 Å². The first-order valence-electron chi connectivity index (χ1n) is 5.82. The van der Waals surface area contributed by atoms with Gasteiger partial charge in [0.2, 0.25) is 5.95 Å². The predicted molar refractivity (Wildman–Crippen MR) is 73.1 cm³/mol. The maximum absolute atomic E-state index is 10.6. The summed E-state index contributed by atoms with van der Waals surface area (Å²) in [6.45, 7) is 1.07. The molecule has 0 saturated carbocycles. The number of nitro groups is 1. The lowest BCUT2D eigenvalue weighted by molar-refractivity contribution is -0.384. The standard InChI is InChI=1S/C12H10N4O3S/c17-16(18)9-1-3-10(4-2-9)20-15-12-13-5-8-6-19-7-11(8)14-12/h1-5H,6-7H2,(H,13,14,15). The van der Waals surface area contributed by atoms with Gasteiger partial charge in [-0.15, -0.1) is 0 Å². The molecule has 7 nitrogen and oxygen atoms in total. The van der Waals surface area contributed by atoms with Gasteiger partial charge in [0.1, 0.15) is 0 Å². The molecule has 0 amide bonds. The Bertz CT molecular complexity index is 648. The highest BCUT2D eigenvalue weighted by atomic mass is 32.2. The molecule has 8 heteroatoms. The smallest absolute Gasteiger partial charge is 0.269 e. The Kier molecular flexibility index (Phi) is 3.48. The molecule has 1 aromatic heterocycles. The Hall–Kier alpha value is -2.19. The van der Waals surface area contributed by atoms with Crippen LogP contribution in [0, 0.1) is 10.1 Å². The van der Waals surface area contributed by atoms with Crippen molar-refractivity contribution in [1.29, 1.82) is 0 Å². The summed E-state index contributed by atoms with van der Waals surface area (Å²) < 4.78 is 8.28. The number of hydrogen-bond donors (Lipinski definition) is 1. The number of benzene rings is 1. The summed E-state index contributed by atoms with van der Waals surface area (Å²) in [6, 6.07) is 6.27. The number of ether oxygens (including phenoxy) is 1. The third-order valence-electron chi connectivity index (χ3n) is 2.76. The molecule has 0 atom stereocenters. The first kappa shape index (κ1) is 12.8. The average molecular weight is 290 g/mol. The normalized spacial score (nSPS) is 13.0. The van der Waals surface area contributed by atoms with E-state index in [1.54, 1.807) is 18.3 Å². The number of nitro benzene ring substituents is 1. The fraction of sp³-hybridized carbons (Fsp3) is 0.167. The molecule has 1 aliphatic heterocycles. The SMILES string of the molecule is O=[N+]([O-])c1ccc(SNc2ncc3c(n2)COC3)cc1. The van der Waals surface area contributed by atoms with E-state index in [1.807, 2.05) is 0 Å². The lowest BCUT2D eigenvalue weighted by atomic mass is 10.3. The molecular formula is C12H10N4O3S. The third-order valence-corrected chi connectivity index (χ3v) is 3.55. The van der Waals surface area contributed by atoms with Gasteiger partial charge < -0.3 is 4.74 Å². The van der Waals surface area contributed by atoms with Crippen molar-refractivity contribution in [3.05, 3.63) is 51.8 Å². The van der Waals surface area contributed by atoms with E-state index in [4.69, 9.17) is 4.74 Å². The van der Waals surface area contributed by atoms with Crippen LogP contribution in [0.5, 0.6) is 0 Å². The highest BCUT2D eigenvalue weighted by Crippen LogP contribution is 2.23. The second-order valence-electron chi connectivity index (χ2n) is 4.11. The van der Waals surface area contributed by atoms with Crippen LogP contribution in [0.3, 0.4) is 0 Å². The molecule has 0 spiro atoms. The largest absolute Gasteiger partial charge is 0.370 e. The average Bonchev–Trinajstić information content (AvgIpc) is 2.93. The number of non-ortho nitro benzene ring substituents is 1. The molecule has 20 heavy (non-hydrogen) atoms. The molecule has 3 rings (SSSR count). The maximum Gasteiger partial charge on any atom is 0.269 e. The van der Waals surface area contributed by atoms with Crippen molar-refractivity contribution >= 4 is 23.6 Å². The first-order chi connectivity index (χ1) is 9.72. The summed E-state index contributed by atoms with van der Waals surface area (Å²) in [7, 11) is 0. The van der Waals surface area contributed by atoms with Crippen LogP contribution in [0.4, 0.5) is 11.6 Å². The van der Waals surface area contributed by atoms with E-state index in [1.165, 1.54) is 24.1 Å². The van der Waals surface area contributed by atoms with Crippen LogP contribution in [-0.4, -0.2) is 14.9 Å². The molecule has 0 radical (unpaired) electrons. The zero-order valence-electron chi connectivity index (χ0n) is 10.3. The summed E-state index contributed by atoms with van der Waals surface area (Å²) in [4.78, 5) is 19.5. The molecule has 2 aromatic rings. The van der Waals surface area contributed by atoms with Crippen LogP contribution in [0.15, 0.2) is 35.4 Å². The lowest BCUT2D eigenvalue weighted by Crippen LogP contribution is -1.98. The highest BCUT2D eigenvalue weighted by molar-refractivity contribution is 8.00. The summed E-state index contributed by atoms with van der Waals surface area (Å²) in [5.74, 6) is 0.498. The van der Waals surface area contributed by atoms with E-state index in [0.29, 0.717) is 19.2 Å². The second kappa shape index (κ2) is 5.43. The Balaban J connectivity index is 1.65. The topological polar surface area (TPSA) is 90.2 Å². The molecule has 0 bridgehead atoms. The minimum Gasteiger partial charge on any atom is -0.370 e. The van der Waals surface area contributed by atoms with Crippen LogP contribution in [0.2, 0.25) is 0 Å². The molecule has 1 N–H and O–H groups in total. The zero-order valence-corrected chi connectivity index (χ0v) is 11.1. The highest BCUT2D eigenvalue weighted by Gasteiger charge is 2.14. The van der Waals surface area contributed by atoms with Crippen LogP contribution in [0.25, 0.3) is 0 Å². The van der Waals surface area contributed by atoms with Gasteiger partial charge in [-0.1, -0.05) is 0 Å². The summed E-state index contributed by atoms with van der Waals surface area (Å²) in [6.07, 6.45) is 1.74. The number of nitrogens with one attached hydrogen (secondary N) is 1. The van der Waals surface area contributed by atoms with Crippen LogP contribution in [0.1, 0.15) is 11.3 Å². The van der Waals surface area contributed by atoms with Crippen molar-refractivity contribution in [2.45, 2.75) is 18.1 Å². The van der Waals surface area contributed by atoms with E-state index in [-0.39, 0.29) is 5.69 Å². The zero-order chi connectivity index (χ0) is 13.9. The first-order valence-corrected chi connectivity index (χ1v) is 6.64. The minimum absolute atomic E-state index is 0.0697. The van der Waals surface area contributed by atoms with Crippen molar-refractivity contribution in [1.82, 2.24) is 9.97 Å². The van der Waals surface area contributed by atoms with E-state index >= 15 is 0 Å². The van der Waals surface area contributed by atoms with Gasteiger partial charge in [-0.05, 0) is 24.1 Å². The molecule has 1 aliphatic rings. The monoisotopic (exact) mass is 290 g/mol. The number of fused-ring (bicyclic) bond motifs is 1. The quantitative estimate of drug-likeness (QED) is 0.525. The number of rotatable bonds is 4. The lowest BCUT2D eigenvalue weighted by Gasteiger charge is -2.04. The minimum atomic E-state index is -0.425. The summed E-state index contributed by atoms with van der Waals surface area (Å²) in [5, 5.41) is 10.6. The van der Waals surface area contributed by atoms with E-state index < -0.39 is 4.92 Å². The fourth-order valence-corrected chi connectivity index (χ4v) is 2.31. The van der Waals surface area contributed by atoms with Crippen LogP contribution in [-0.2, 0) is 18.0 Å². The van der Waals surface area contributed by atoms with Crippen molar-refractivity contribution in [3.63, 3.8) is 0 Å². The Labute approximate surface area is 118 Å². The van der Waals surface area contributed by atoms with Crippen molar-refractivity contribution < 1.29 is 9.66 Å². The molecule has 2 heterocycles. The molecule has 1 aromatic carbocycles. The summed E-state index contributed by atoms with van der Waals surface area (Å²) >= 11 is 1.30. The number of hydrogen-bond acceptors (Lipinski definition) is 7. The van der Waals surface area contributed by atoms with Gasteiger partial charge in [0.25, 0.3) is 5.69 Å². The molecule has 102 valence electrons.